The molecule has 1 aliphatic carbocycles. The summed E-state index contributed by atoms with van der Waals surface area (Å²) >= 11 is 5.87. The second-order valence-electron chi connectivity index (χ2n) is 4.45. The Hall–Kier alpha value is -1.40. The summed E-state index contributed by atoms with van der Waals surface area (Å²) in [6, 6.07) is 5.72. The molecule has 1 aromatic carbocycles. The number of hydrogen-bond donors (Lipinski definition) is 0. The lowest BCUT2D eigenvalue weighted by Gasteiger charge is -2.10. The largest absolute Gasteiger partial charge is 0.298 e. The number of carbonyl (C=O) groups is 1. The molecule has 0 bridgehead atoms. The average molecular weight is 252 g/mol. The van der Waals surface area contributed by atoms with E-state index in [4.69, 9.17) is 16.9 Å². The van der Waals surface area contributed by atoms with E-state index in [-0.39, 0.29) is 16.7 Å². The predicted molar refractivity (Wildman–Crippen MR) is 62.0 cm³/mol. The van der Waals surface area contributed by atoms with Gasteiger partial charge in [0, 0.05) is 10.9 Å². The third-order valence-electron chi connectivity index (χ3n) is 3.16. The van der Waals surface area contributed by atoms with Crippen molar-refractivity contribution >= 4 is 17.4 Å². The van der Waals surface area contributed by atoms with Gasteiger partial charge >= 0.3 is 0 Å². The van der Waals surface area contributed by atoms with Crippen molar-refractivity contribution in [2.45, 2.75) is 19.3 Å². The number of carbonyl (C=O) groups excluding carboxylic acids is 1. The Bertz CT molecular complexity index is 509. The molecular formula is C13H11ClFNO. The number of halogens is 2. The highest BCUT2D eigenvalue weighted by atomic mass is 35.5. The molecule has 0 N–H and O–H groups in total. The molecule has 0 radical (unpaired) electrons. The molecule has 0 amide bonds. The third kappa shape index (κ3) is 2.32. The Balaban J connectivity index is 2.30. The molecule has 3 atom stereocenters. The van der Waals surface area contributed by atoms with E-state index < -0.39 is 11.7 Å². The summed E-state index contributed by atoms with van der Waals surface area (Å²) in [6.07, 6.45) is 0.829. The highest BCUT2D eigenvalue weighted by Gasteiger charge is 2.43. The zero-order valence-corrected chi connectivity index (χ0v) is 10.0. The maximum Gasteiger partial charge on any atom is 0.157 e. The van der Waals surface area contributed by atoms with Gasteiger partial charge < -0.3 is 0 Å². The summed E-state index contributed by atoms with van der Waals surface area (Å²) in [5.74, 6) is -1.15. The van der Waals surface area contributed by atoms with Crippen LogP contribution in [0.5, 0.6) is 0 Å². The molecule has 2 rings (SSSR count). The van der Waals surface area contributed by atoms with E-state index in [1.165, 1.54) is 12.1 Å². The maximum atomic E-state index is 12.9. The van der Waals surface area contributed by atoms with Crippen molar-refractivity contribution in [2.75, 3.05) is 0 Å². The first-order chi connectivity index (χ1) is 8.04. The molecule has 0 aliphatic heterocycles. The van der Waals surface area contributed by atoms with Crippen molar-refractivity contribution in [3.63, 3.8) is 0 Å². The highest BCUT2D eigenvalue weighted by molar-refractivity contribution is 6.31. The molecule has 1 aromatic rings. The van der Waals surface area contributed by atoms with Gasteiger partial charge in [0.25, 0.3) is 0 Å². The molecule has 0 spiro atoms. The first-order valence-electron chi connectivity index (χ1n) is 5.43. The molecule has 1 aliphatic rings. The van der Waals surface area contributed by atoms with Crippen LogP contribution < -0.4 is 0 Å². The van der Waals surface area contributed by atoms with Crippen molar-refractivity contribution in [3.8, 4) is 6.07 Å². The molecule has 0 heterocycles. The fourth-order valence-electron chi connectivity index (χ4n) is 1.95. The van der Waals surface area contributed by atoms with Gasteiger partial charge in [-0.15, -0.1) is 0 Å². The second kappa shape index (κ2) is 4.46. The SMILES string of the molecule is CC1CC1C(=O)C(C#N)c1ccc(F)cc1Cl. The zero-order valence-electron chi connectivity index (χ0n) is 9.28. The van der Waals surface area contributed by atoms with Gasteiger partial charge in [0.05, 0.1) is 6.07 Å². The number of rotatable bonds is 3. The molecule has 88 valence electrons. The predicted octanol–water partition coefficient (Wildman–Crippen LogP) is 3.31. The minimum atomic E-state index is -0.877. The fourth-order valence-corrected chi connectivity index (χ4v) is 2.23. The van der Waals surface area contributed by atoms with Crippen LogP contribution in [0, 0.1) is 29.0 Å². The normalized spacial score (nSPS) is 23.9. The Labute approximate surface area is 104 Å². The number of Topliss-reactive ketones (excluding diaryl/α,β-unsaturated/α-hetero) is 1. The standard InChI is InChI=1S/C13H11ClFNO/c1-7-4-10(7)13(17)11(6-16)9-3-2-8(15)5-12(9)14/h2-3,5,7,10-11H,4H2,1H3. The number of benzene rings is 1. The van der Waals surface area contributed by atoms with Crippen LogP contribution in [0.25, 0.3) is 0 Å². The molecule has 3 unspecified atom stereocenters. The lowest BCUT2D eigenvalue weighted by molar-refractivity contribution is -0.120. The summed E-state index contributed by atoms with van der Waals surface area (Å²) in [6.45, 7) is 1.98. The van der Waals surface area contributed by atoms with Crippen molar-refractivity contribution in [1.82, 2.24) is 0 Å². The molecule has 4 heteroatoms. The van der Waals surface area contributed by atoms with Crippen molar-refractivity contribution in [2.24, 2.45) is 11.8 Å². The van der Waals surface area contributed by atoms with Crippen LogP contribution in [-0.4, -0.2) is 5.78 Å². The summed E-state index contributed by atoms with van der Waals surface area (Å²) < 4.78 is 12.9. The van der Waals surface area contributed by atoms with Crippen LogP contribution in [0.2, 0.25) is 5.02 Å². The summed E-state index contributed by atoms with van der Waals surface area (Å²) in [4.78, 5) is 12.0. The van der Waals surface area contributed by atoms with Gasteiger partial charge in [-0.1, -0.05) is 24.6 Å². The lowest BCUT2D eigenvalue weighted by Crippen LogP contribution is -2.14. The van der Waals surface area contributed by atoms with Crippen LogP contribution >= 0.6 is 11.6 Å². The molecule has 0 aromatic heterocycles. The van der Waals surface area contributed by atoms with Gasteiger partial charge in [0.15, 0.2) is 5.78 Å². The third-order valence-corrected chi connectivity index (χ3v) is 3.49. The van der Waals surface area contributed by atoms with E-state index in [0.717, 1.165) is 12.5 Å². The monoisotopic (exact) mass is 251 g/mol. The van der Waals surface area contributed by atoms with Crippen LogP contribution in [0.1, 0.15) is 24.8 Å². The number of nitrogens with zero attached hydrogens (tertiary/aromatic N) is 1. The van der Waals surface area contributed by atoms with Crippen molar-refractivity contribution < 1.29 is 9.18 Å². The Kier molecular flexibility index (Phi) is 3.17. The Morgan fingerprint density at radius 3 is 2.76 bits per heavy atom. The molecule has 0 saturated heterocycles. The lowest BCUT2D eigenvalue weighted by atomic mass is 9.93. The van der Waals surface area contributed by atoms with Crippen molar-refractivity contribution in [3.05, 3.63) is 34.6 Å². The molecular weight excluding hydrogens is 241 g/mol. The highest BCUT2D eigenvalue weighted by Crippen LogP contribution is 2.42. The first-order valence-corrected chi connectivity index (χ1v) is 5.80. The average Bonchev–Trinajstić information content (AvgIpc) is 2.99. The Morgan fingerprint density at radius 2 is 2.29 bits per heavy atom. The minimum Gasteiger partial charge on any atom is -0.298 e. The fraction of sp³-hybridized carbons (Fsp3) is 0.385. The number of hydrogen-bond acceptors (Lipinski definition) is 2. The Morgan fingerprint density at radius 1 is 1.65 bits per heavy atom. The molecule has 17 heavy (non-hydrogen) atoms. The van der Waals surface area contributed by atoms with Gasteiger partial charge in [0.2, 0.25) is 0 Å². The molecule has 2 nitrogen and oxygen atoms in total. The summed E-state index contributed by atoms with van der Waals surface area (Å²) in [5, 5.41) is 9.22. The number of ketones is 1. The second-order valence-corrected chi connectivity index (χ2v) is 4.86. The van der Waals surface area contributed by atoms with Gasteiger partial charge in [0.1, 0.15) is 11.7 Å². The quantitative estimate of drug-likeness (QED) is 0.827. The van der Waals surface area contributed by atoms with E-state index in [1.807, 2.05) is 13.0 Å². The van der Waals surface area contributed by atoms with Crippen LogP contribution in [-0.2, 0) is 4.79 Å². The van der Waals surface area contributed by atoms with Gasteiger partial charge in [-0.2, -0.15) is 5.26 Å². The zero-order chi connectivity index (χ0) is 12.6. The van der Waals surface area contributed by atoms with Gasteiger partial charge in [-0.25, -0.2) is 4.39 Å². The maximum absolute atomic E-state index is 12.9. The van der Waals surface area contributed by atoms with Crippen LogP contribution in [0.4, 0.5) is 4.39 Å². The van der Waals surface area contributed by atoms with E-state index >= 15 is 0 Å². The summed E-state index contributed by atoms with van der Waals surface area (Å²) in [5.41, 5.74) is 0.402. The molecule has 1 saturated carbocycles. The smallest absolute Gasteiger partial charge is 0.157 e. The van der Waals surface area contributed by atoms with Gasteiger partial charge in [-0.3, -0.25) is 4.79 Å². The topological polar surface area (TPSA) is 40.9 Å². The van der Waals surface area contributed by atoms with E-state index in [0.29, 0.717) is 11.5 Å². The number of nitriles is 1. The van der Waals surface area contributed by atoms with E-state index in [2.05, 4.69) is 0 Å². The minimum absolute atomic E-state index is 0.0410. The van der Waals surface area contributed by atoms with E-state index in [1.54, 1.807) is 0 Å². The van der Waals surface area contributed by atoms with E-state index in [9.17, 15) is 9.18 Å². The first kappa shape index (κ1) is 12.1. The summed E-state index contributed by atoms with van der Waals surface area (Å²) in [7, 11) is 0. The van der Waals surface area contributed by atoms with Crippen LogP contribution in [0.3, 0.4) is 0 Å². The molecule has 1 fully saturated rings. The van der Waals surface area contributed by atoms with Gasteiger partial charge in [-0.05, 0) is 30.0 Å². The van der Waals surface area contributed by atoms with Crippen LogP contribution in [0.15, 0.2) is 18.2 Å². The van der Waals surface area contributed by atoms with Crippen molar-refractivity contribution in [1.29, 1.82) is 5.26 Å².